The molecule has 1 aromatic rings. The van der Waals surface area contributed by atoms with E-state index in [1.165, 1.54) is 19.3 Å². The molecule has 1 aromatic carbocycles. The SMILES string of the molecule is CCCCCCOc1c(C)cc(C(N)=NO)cc1C. The molecule has 0 aliphatic heterocycles. The molecule has 4 heteroatoms. The van der Waals surface area contributed by atoms with Gasteiger partial charge in [0.15, 0.2) is 5.84 Å². The fourth-order valence-corrected chi connectivity index (χ4v) is 2.09. The predicted molar refractivity (Wildman–Crippen MR) is 78.1 cm³/mol. The van der Waals surface area contributed by atoms with E-state index in [0.717, 1.165) is 35.5 Å². The summed E-state index contributed by atoms with van der Waals surface area (Å²) in [6.45, 7) is 6.89. The van der Waals surface area contributed by atoms with Crippen molar-refractivity contribution < 1.29 is 9.94 Å². The van der Waals surface area contributed by atoms with Gasteiger partial charge in [-0.3, -0.25) is 0 Å². The molecule has 0 amide bonds. The lowest BCUT2D eigenvalue weighted by atomic mass is 10.1. The second-order valence-electron chi connectivity index (χ2n) is 4.83. The number of oxime groups is 1. The molecule has 0 aliphatic rings. The van der Waals surface area contributed by atoms with E-state index in [9.17, 15) is 0 Å². The second-order valence-corrected chi connectivity index (χ2v) is 4.83. The van der Waals surface area contributed by atoms with Gasteiger partial charge in [0, 0.05) is 5.56 Å². The Hall–Kier alpha value is -1.71. The molecule has 0 heterocycles. The summed E-state index contributed by atoms with van der Waals surface area (Å²) in [5, 5.41) is 11.7. The smallest absolute Gasteiger partial charge is 0.170 e. The third kappa shape index (κ3) is 4.47. The minimum atomic E-state index is 0.126. The zero-order chi connectivity index (χ0) is 14.3. The van der Waals surface area contributed by atoms with Crippen LogP contribution in [0, 0.1) is 13.8 Å². The fraction of sp³-hybridized carbons (Fsp3) is 0.533. The van der Waals surface area contributed by atoms with Crippen molar-refractivity contribution in [3.8, 4) is 5.75 Å². The third-order valence-electron chi connectivity index (χ3n) is 3.11. The summed E-state index contributed by atoms with van der Waals surface area (Å²) in [6.07, 6.45) is 4.77. The van der Waals surface area contributed by atoms with Gasteiger partial charge in [-0.2, -0.15) is 0 Å². The van der Waals surface area contributed by atoms with Crippen LogP contribution < -0.4 is 10.5 Å². The first kappa shape index (κ1) is 15.3. The van der Waals surface area contributed by atoms with Gasteiger partial charge >= 0.3 is 0 Å². The highest BCUT2D eigenvalue weighted by atomic mass is 16.5. The van der Waals surface area contributed by atoms with E-state index in [0.29, 0.717) is 0 Å². The average Bonchev–Trinajstić information content (AvgIpc) is 2.40. The summed E-state index contributed by atoms with van der Waals surface area (Å²) in [6, 6.07) is 3.76. The van der Waals surface area contributed by atoms with Crippen molar-refractivity contribution in [3.05, 3.63) is 28.8 Å². The van der Waals surface area contributed by atoms with Gasteiger partial charge in [-0.1, -0.05) is 31.3 Å². The molecule has 0 bridgehead atoms. The lowest BCUT2D eigenvalue weighted by molar-refractivity contribution is 0.301. The molecule has 19 heavy (non-hydrogen) atoms. The molecule has 0 aliphatic carbocycles. The van der Waals surface area contributed by atoms with Gasteiger partial charge < -0.3 is 15.7 Å². The minimum Gasteiger partial charge on any atom is -0.493 e. The second kappa shape index (κ2) is 7.67. The summed E-state index contributed by atoms with van der Waals surface area (Å²) in [5.74, 6) is 1.03. The first-order chi connectivity index (χ1) is 9.10. The first-order valence-corrected chi connectivity index (χ1v) is 6.82. The van der Waals surface area contributed by atoms with Crippen LogP contribution in [0.15, 0.2) is 17.3 Å². The summed E-state index contributed by atoms with van der Waals surface area (Å²) < 4.78 is 5.84. The number of aryl methyl sites for hydroxylation is 2. The van der Waals surface area contributed by atoms with E-state index < -0.39 is 0 Å². The quantitative estimate of drug-likeness (QED) is 0.261. The van der Waals surface area contributed by atoms with Crippen LogP contribution in [-0.2, 0) is 0 Å². The third-order valence-corrected chi connectivity index (χ3v) is 3.11. The Balaban J connectivity index is 2.69. The molecule has 0 radical (unpaired) electrons. The summed E-state index contributed by atoms with van der Waals surface area (Å²) in [4.78, 5) is 0. The van der Waals surface area contributed by atoms with Crippen molar-refractivity contribution in [2.75, 3.05) is 6.61 Å². The Bertz CT molecular complexity index is 419. The van der Waals surface area contributed by atoms with E-state index >= 15 is 0 Å². The van der Waals surface area contributed by atoms with Crippen LogP contribution in [0.25, 0.3) is 0 Å². The molecule has 0 fully saturated rings. The number of nitrogens with two attached hydrogens (primary N) is 1. The van der Waals surface area contributed by atoms with Gasteiger partial charge in [0.25, 0.3) is 0 Å². The van der Waals surface area contributed by atoms with E-state index in [1.807, 2.05) is 26.0 Å². The summed E-state index contributed by atoms with van der Waals surface area (Å²) >= 11 is 0. The van der Waals surface area contributed by atoms with Crippen LogP contribution in [0.3, 0.4) is 0 Å². The molecule has 3 N–H and O–H groups in total. The first-order valence-electron chi connectivity index (χ1n) is 6.82. The van der Waals surface area contributed by atoms with E-state index in [4.69, 9.17) is 15.7 Å². The lowest BCUT2D eigenvalue weighted by Gasteiger charge is -2.13. The Morgan fingerprint density at radius 1 is 1.21 bits per heavy atom. The molecule has 0 spiro atoms. The highest BCUT2D eigenvalue weighted by molar-refractivity contribution is 5.97. The highest BCUT2D eigenvalue weighted by Gasteiger charge is 2.08. The number of hydrogen-bond donors (Lipinski definition) is 2. The number of hydrogen-bond acceptors (Lipinski definition) is 3. The molecule has 106 valence electrons. The normalized spacial score (nSPS) is 11.6. The Kier molecular flexibility index (Phi) is 6.19. The number of benzene rings is 1. The van der Waals surface area contributed by atoms with Gasteiger partial charge in [0.05, 0.1) is 6.61 Å². The highest BCUT2D eigenvalue weighted by Crippen LogP contribution is 2.25. The van der Waals surface area contributed by atoms with Crippen LogP contribution in [0.4, 0.5) is 0 Å². The predicted octanol–water partition coefficient (Wildman–Crippen LogP) is 3.36. The molecular weight excluding hydrogens is 240 g/mol. The Morgan fingerprint density at radius 2 is 1.84 bits per heavy atom. The van der Waals surface area contributed by atoms with Crippen LogP contribution in [0.5, 0.6) is 5.75 Å². The summed E-state index contributed by atoms with van der Waals surface area (Å²) in [5.41, 5.74) is 8.34. The Morgan fingerprint density at radius 3 is 2.37 bits per heavy atom. The van der Waals surface area contributed by atoms with Crippen molar-refractivity contribution in [3.63, 3.8) is 0 Å². The summed E-state index contributed by atoms with van der Waals surface area (Å²) in [7, 11) is 0. The maximum atomic E-state index is 8.69. The number of unbranched alkanes of at least 4 members (excludes halogenated alkanes) is 3. The van der Waals surface area contributed by atoms with Crippen molar-refractivity contribution in [2.45, 2.75) is 46.5 Å². The molecule has 0 atom stereocenters. The number of rotatable bonds is 7. The van der Waals surface area contributed by atoms with Crippen molar-refractivity contribution in [1.29, 1.82) is 0 Å². The van der Waals surface area contributed by atoms with Gasteiger partial charge in [0.1, 0.15) is 5.75 Å². The zero-order valence-electron chi connectivity index (χ0n) is 12.1. The van der Waals surface area contributed by atoms with Crippen LogP contribution >= 0.6 is 0 Å². The number of amidine groups is 1. The largest absolute Gasteiger partial charge is 0.493 e. The van der Waals surface area contributed by atoms with Crippen molar-refractivity contribution in [2.24, 2.45) is 10.9 Å². The molecule has 1 rings (SSSR count). The van der Waals surface area contributed by atoms with Crippen molar-refractivity contribution in [1.82, 2.24) is 0 Å². The van der Waals surface area contributed by atoms with E-state index in [-0.39, 0.29) is 5.84 Å². The molecule has 0 aromatic heterocycles. The lowest BCUT2D eigenvalue weighted by Crippen LogP contribution is -2.14. The average molecular weight is 264 g/mol. The van der Waals surface area contributed by atoms with Crippen LogP contribution in [0.2, 0.25) is 0 Å². The van der Waals surface area contributed by atoms with Gasteiger partial charge in [0.2, 0.25) is 0 Å². The van der Waals surface area contributed by atoms with Gasteiger partial charge in [-0.25, -0.2) is 0 Å². The molecule has 0 saturated heterocycles. The van der Waals surface area contributed by atoms with Gasteiger partial charge in [-0.15, -0.1) is 0 Å². The molecule has 0 saturated carbocycles. The van der Waals surface area contributed by atoms with E-state index in [2.05, 4.69) is 12.1 Å². The van der Waals surface area contributed by atoms with E-state index in [1.54, 1.807) is 0 Å². The Labute approximate surface area is 115 Å². The fourth-order valence-electron chi connectivity index (χ4n) is 2.09. The number of nitrogens with zero attached hydrogens (tertiary/aromatic N) is 1. The monoisotopic (exact) mass is 264 g/mol. The van der Waals surface area contributed by atoms with Crippen LogP contribution in [0.1, 0.15) is 49.3 Å². The topological polar surface area (TPSA) is 67.8 Å². The van der Waals surface area contributed by atoms with Gasteiger partial charge in [-0.05, 0) is 43.5 Å². The maximum absolute atomic E-state index is 8.69. The minimum absolute atomic E-state index is 0.126. The molecular formula is C15H24N2O2. The van der Waals surface area contributed by atoms with Crippen molar-refractivity contribution >= 4 is 5.84 Å². The molecule has 4 nitrogen and oxygen atoms in total. The standard InChI is InChI=1S/C15H24N2O2/c1-4-5-6-7-8-19-14-11(2)9-13(10-12(14)3)15(16)17-18/h9-10,18H,4-8H2,1-3H3,(H2,16,17). The maximum Gasteiger partial charge on any atom is 0.170 e. The van der Waals surface area contributed by atoms with Crippen LogP contribution in [-0.4, -0.2) is 17.6 Å². The number of ether oxygens (including phenoxy) is 1. The molecule has 0 unspecified atom stereocenters. The zero-order valence-corrected chi connectivity index (χ0v) is 12.1.